The molecule has 0 aromatic rings. The highest BCUT2D eigenvalue weighted by molar-refractivity contribution is 7.80. The van der Waals surface area contributed by atoms with E-state index in [4.69, 9.17) is 24.4 Å². The van der Waals surface area contributed by atoms with Crippen LogP contribution in [0.3, 0.4) is 0 Å². The van der Waals surface area contributed by atoms with Gasteiger partial charge in [-0.05, 0) is 37.3 Å². The van der Waals surface area contributed by atoms with E-state index < -0.39 is 0 Å². The van der Waals surface area contributed by atoms with Crippen LogP contribution in [-0.4, -0.2) is 59.3 Å². The molecule has 2 heterocycles. The van der Waals surface area contributed by atoms with Gasteiger partial charge in [-0.3, -0.25) is 0 Å². The lowest BCUT2D eigenvalue weighted by Gasteiger charge is -2.09. The molecule has 2 aliphatic heterocycles. The molecule has 6 heteroatoms. The summed E-state index contributed by atoms with van der Waals surface area (Å²) in [5.41, 5.74) is 0. The maximum atomic E-state index is 5.20. The molecule has 2 aliphatic rings. The first-order chi connectivity index (χ1) is 8.77. The lowest BCUT2D eigenvalue weighted by molar-refractivity contribution is 0.612. The Balaban J connectivity index is 1.32. The lowest BCUT2D eigenvalue weighted by atomic mass is 10.2. The molecular weight excluding hydrogens is 264 g/mol. The fourth-order valence-corrected chi connectivity index (χ4v) is 2.29. The predicted molar refractivity (Wildman–Crippen MR) is 82.8 cm³/mol. The van der Waals surface area contributed by atoms with Crippen LogP contribution in [0, 0.1) is 0 Å². The molecule has 18 heavy (non-hydrogen) atoms. The van der Waals surface area contributed by atoms with Crippen molar-refractivity contribution in [3.8, 4) is 0 Å². The Bertz CT molecular complexity index is 270. The molecule has 2 rings (SSSR count). The van der Waals surface area contributed by atoms with Crippen molar-refractivity contribution in [1.82, 2.24) is 20.4 Å². The minimum absolute atomic E-state index is 0.931. The van der Waals surface area contributed by atoms with Crippen LogP contribution in [0.4, 0.5) is 0 Å². The third-order valence-corrected chi connectivity index (χ3v) is 3.93. The fraction of sp³-hybridized carbons (Fsp3) is 0.833. The molecule has 2 saturated heterocycles. The van der Waals surface area contributed by atoms with Crippen molar-refractivity contribution in [3.63, 3.8) is 0 Å². The van der Waals surface area contributed by atoms with Crippen molar-refractivity contribution in [2.45, 2.75) is 25.7 Å². The minimum atomic E-state index is 0.931. The van der Waals surface area contributed by atoms with Crippen LogP contribution in [0.1, 0.15) is 25.7 Å². The Hall–Kier alpha value is -0.620. The first kappa shape index (κ1) is 13.8. The van der Waals surface area contributed by atoms with Crippen molar-refractivity contribution in [2.24, 2.45) is 0 Å². The van der Waals surface area contributed by atoms with Gasteiger partial charge in [-0.25, -0.2) is 0 Å². The number of rotatable bonds is 7. The van der Waals surface area contributed by atoms with Gasteiger partial charge in [-0.15, -0.1) is 0 Å². The van der Waals surface area contributed by atoms with E-state index in [0.29, 0.717) is 0 Å². The summed E-state index contributed by atoms with van der Waals surface area (Å²) < 4.78 is 0. The van der Waals surface area contributed by atoms with Crippen molar-refractivity contribution in [3.05, 3.63) is 0 Å². The number of thiocarbonyl (C=S) groups is 2. The average Bonchev–Trinajstić information content (AvgIpc) is 3.21. The van der Waals surface area contributed by atoms with Gasteiger partial charge in [0.05, 0.1) is 0 Å². The Morgan fingerprint density at radius 1 is 0.722 bits per heavy atom. The standard InChI is InChI=1S/C12H22N4S2/c17-11(15-7-8-15)13-5-3-1-2-4-6-14-12(18)16-9-10-16/h1-10H2,(H,13,17)(H,14,18). The van der Waals surface area contributed by atoms with E-state index >= 15 is 0 Å². The molecule has 0 saturated carbocycles. The fourth-order valence-electron chi connectivity index (χ4n) is 1.72. The van der Waals surface area contributed by atoms with Gasteiger partial charge in [0.25, 0.3) is 0 Å². The number of nitrogens with one attached hydrogen (secondary N) is 2. The molecule has 2 N–H and O–H groups in total. The molecule has 0 bridgehead atoms. The molecule has 0 atom stereocenters. The van der Waals surface area contributed by atoms with E-state index in [1.54, 1.807) is 0 Å². The normalized spacial score (nSPS) is 16.4. The summed E-state index contributed by atoms with van der Waals surface area (Å²) in [7, 11) is 0. The highest BCUT2D eigenvalue weighted by Crippen LogP contribution is 2.05. The number of hydrogen-bond acceptors (Lipinski definition) is 2. The zero-order valence-electron chi connectivity index (χ0n) is 10.8. The van der Waals surface area contributed by atoms with Crippen LogP contribution in [-0.2, 0) is 0 Å². The third kappa shape index (κ3) is 5.35. The van der Waals surface area contributed by atoms with Gasteiger partial charge in [-0.2, -0.15) is 0 Å². The molecule has 102 valence electrons. The summed E-state index contributed by atoms with van der Waals surface area (Å²) >= 11 is 10.4. The van der Waals surface area contributed by atoms with Crippen LogP contribution >= 0.6 is 24.4 Å². The average molecular weight is 286 g/mol. The van der Waals surface area contributed by atoms with Gasteiger partial charge < -0.3 is 20.4 Å². The largest absolute Gasteiger partial charge is 0.363 e. The topological polar surface area (TPSA) is 30.1 Å². The second-order valence-electron chi connectivity index (χ2n) is 4.85. The molecule has 0 spiro atoms. The van der Waals surface area contributed by atoms with Crippen LogP contribution in [0.15, 0.2) is 0 Å². The van der Waals surface area contributed by atoms with E-state index in [9.17, 15) is 0 Å². The van der Waals surface area contributed by atoms with E-state index in [-0.39, 0.29) is 0 Å². The van der Waals surface area contributed by atoms with Crippen molar-refractivity contribution >= 4 is 34.7 Å². The molecule has 4 nitrogen and oxygen atoms in total. The second-order valence-corrected chi connectivity index (χ2v) is 5.63. The number of unbranched alkanes of at least 4 members (excludes halogenated alkanes) is 3. The molecule has 0 aliphatic carbocycles. The highest BCUT2D eigenvalue weighted by Gasteiger charge is 2.20. The van der Waals surface area contributed by atoms with Gasteiger partial charge in [-0.1, -0.05) is 12.8 Å². The van der Waals surface area contributed by atoms with E-state index in [1.807, 2.05) is 0 Å². The molecular formula is C12H22N4S2. The van der Waals surface area contributed by atoms with Crippen LogP contribution in [0.5, 0.6) is 0 Å². The maximum absolute atomic E-state index is 5.20. The van der Waals surface area contributed by atoms with E-state index in [2.05, 4.69) is 20.4 Å². The summed E-state index contributed by atoms with van der Waals surface area (Å²) in [5, 5.41) is 8.44. The van der Waals surface area contributed by atoms with Gasteiger partial charge >= 0.3 is 0 Å². The van der Waals surface area contributed by atoms with Gasteiger partial charge in [0.15, 0.2) is 10.2 Å². The minimum Gasteiger partial charge on any atom is -0.363 e. The van der Waals surface area contributed by atoms with E-state index in [0.717, 1.165) is 49.5 Å². The number of nitrogens with zero attached hydrogens (tertiary/aromatic N) is 2. The monoisotopic (exact) mass is 286 g/mol. The van der Waals surface area contributed by atoms with Crippen molar-refractivity contribution in [1.29, 1.82) is 0 Å². The van der Waals surface area contributed by atoms with E-state index in [1.165, 1.54) is 25.7 Å². The Morgan fingerprint density at radius 2 is 1.11 bits per heavy atom. The predicted octanol–water partition coefficient (Wildman–Crippen LogP) is 0.927. The number of hydrogen-bond donors (Lipinski definition) is 2. The SMILES string of the molecule is S=C(NCCCCCCNC(=S)N1CC1)N1CC1. The summed E-state index contributed by atoms with van der Waals surface area (Å²) in [5.74, 6) is 0. The zero-order valence-corrected chi connectivity index (χ0v) is 12.4. The lowest BCUT2D eigenvalue weighted by Crippen LogP contribution is -2.29. The highest BCUT2D eigenvalue weighted by atomic mass is 32.1. The molecule has 0 radical (unpaired) electrons. The quantitative estimate of drug-likeness (QED) is 0.411. The molecule has 2 fully saturated rings. The van der Waals surface area contributed by atoms with Gasteiger partial charge in [0.2, 0.25) is 0 Å². The Morgan fingerprint density at radius 3 is 1.44 bits per heavy atom. The molecule has 0 aromatic carbocycles. The maximum Gasteiger partial charge on any atom is 0.169 e. The van der Waals surface area contributed by atoms with Gasteiger partial charge in [0, 0.05) is 39.3 Å². The van der Waals surface area contributed by atoms with Crippen LogP contribution in [0.2, 0.25) is 0 Å². The van der Waals surface area contributed by atoms with Crippen molar-refractivity contribution in [2.75, 3.05) is 39.3 Å². The first-order valence-corrected chi connectivity index (χ1v) is 7.64. The zero-order chi connectivity index (χ0) is 12.8. The summed E-state index contributed by atoms with van der Waals surface area (Å²) in [6.07, 6.45) is 4.91. The molecule has 0 amide bonds. The Labute approximate surface area is 120 Å². The van der Waals surface area contributed by atoms with Crippen LogP contribution < -0.4 is 10.6 Å². The van der Waals surface area contributed by atoms with Crippen LogP contribution in [0.25, 0.3) is 0 Å². The second kappa shape index (κ2) is 7.09. The van der Waals surface area contributed by atoms with Gasteiger partial charge in [0.1, 0.15) is 0 Å². The summed E-state index contributed by atoms with van der Waals surface area (Å²) in [4.78, 5) is 4.35. The first-order valence-electron chi connectivity index (χ1n) is 6.83. The summed E-state index contributed by atoms with van der Waals surface area (Å²) in [6.45, 7) is 6.55. The summed E-state index contributed by atoms with van der Waals surface area (Å²) in [6, 6.07) is 0. The Kier molecular flexibility index (Phi) is 5.44. The van der Waals surface area contributed by atoms with Crippen molar-refractivity contribution < 1.29 is 0 Å². The molecule has 0 unspecified atom stereocenters. The molecule has 0 aromatic heterocycles. The smallest absolute Gasteiger partial charge is 0.169 e. The third-order valence-electron chi connectivity index (χ3n) is 3.12.